The molecule has 3 N–H and O–H groups in total. The fraction of sp³-hybridized carbons (Fsp3) is 0.364. The first-order valence-corrected chi connectivity index (χ1v) is 4.92. The van der Waals surface area contributed by atoms with Gasteiger partial charge in [-0.25, -0.2) is 0 Å². The van der Waals surface area contributed by atoms with Crippen LogP contribution in [0, 0.1) is 0 Å². The molecule has 0 unspecified atom stereocenters. The Bertz CT molecular complexity index is 349. The summed E-state index contributed by atoms with van der Waals surface area (Å²) in [5.41, 5.74) is 5.92. The molecule has 1 rings (SSSR count). The number of methoxy groups -OCH3 is 2. The highest BCUT2D eigenvalue weighted by molar-refractivity contribution is 5.91. The molecule has 0 saturated heterocycles. The Hall–Kier alpha value is -1.46. The van der Waals surface area contributed by atoms with Crippen LogP contribution in [0.2, 0.25) is 0 Å². The molecule has 1 aromatic rings. The SMILES string of the molecule is COc1cc(NC(=O)CCN)cc(OC)c1.Cl. The number of nitrogens with two attached hydrogens (primary N) is 1. The van der Waals surface area contributed by atoms with Crippen molar-refractivity contribution in [3.8, 4) is 11.5 Å². The summed E-state index contributed by atoms with van der Waals surface area (Å²) >= 11 is 0. The highest BCUT2D eigenvalue weighted by Crippen LogP contribution is 2.25. The van der Waals surface area contributed by atoms with Crippen molar-refractivity contribution in [3.63, 3.8) is 0 Å². The molecule has 0 aromatic heterocycles. The summed E-state index contributed by atoms with van der Waals surface area (Å²) in [6.45, 7) is 0.326. The predicted molar refractivity (Wildman–Crippen MR) is 69.1 cm³/mol. The number of carbonyl (C=O) groups is 1. The summed E-state index contributed by atoms with van der Waals surface area (Å²) < 4.78 is 10.2. The van der Waals surface area contributed by atoms with E-state index in [1.807, 2.05) is 0 Å². The van der Waals surface area contributed by atoms with Gasteiger partial charge in [-0.05, 0) is 0 Å². The van der Waals surface area contributed by atoms with Gasteiger partial charge in [0.25, 0.3) is 0 Å². The zero-order valence-corrected chi connectivity index (χ0v) is 10.7. The second-order valence-electron chi connectivity index (χ2n) is 3.19. The summed E-state index contributed by atoms with van der Waals surface area (Å²) in [4.78, 5) is 11.3. The molecule has 0 aliphatic heterocycles. The molecule has 6 heteroatoms. The number of ether oxygens (including phenoxy) is 2. The number of hydrogen-bond donors (Lipinski definition) is 2. The minimum Gasteiger partial charge on any atom is -0.497 e. The Kier molecular flexibility index (Phi) is 7.09. The molecule has 0 saturated carbocycles. The van der Waals surface area contributed by atoms with Gasteiger partial charge in [0.05, 0.1) is 14.2 Å². The van der Waals surface area contributed by atoms with Crippen LogP contribution in [0.3, 0.4) is 0 Å². The standard InChI is InChI=1S/C11H16N2O3.ClH/c1-15-9-5-8(6-10(7-9)16-2)13-11(14)3-4-12;/h5-7H,3-4,12H2,1-2H3,(H,13,14);1H. The Morgan fingerprint density at radius 3 is 2.18 bits per heavy atom. The zero-order valence-electron chi connectivity index (χ0n) is 9.86. The third kappa shape index (κ3) is 4.93. The summed E-state index contributed by atoms with van der Waals surface area (Å²) in [5.74, 6) is 1.13. The predicted octanol–water partition coefficient (Wildman–Crippen LogP) is 1.41. The summed E-state index contributed by atoms with van der Waals surface area (Å²) in [7, 11) is 3.11. The molecule has 0 radical (unpaired) electrons. The number of nitrogens with one attached hydrogen (secondary N) is 1. The van der Waals surface area contributed by atoms with Crippen molar-refractivity contribution in [2.24, 2.45) is 5.73 Å². The lowest BCUT2D eigenvalue weighted by molar-refractivity contribution is -0.116. The van der Waals surface area contributed by atoms with Crippen LogP contribution in [0.15, 0.2) is 18.2 Å². The third-order valence-corrected chi connectivity index (χ3v) is 2.01. The molecule has 0 spiro atoms. The van der Waals surface area contributed by atoms with E-state index in [0.717, 1.165) is 0 Å². The van der Waals surface area contributed by atoms with E-state index >= 15 is 0 Å². The maximum Gasteiger partial charge on any atom is 0.225 e. The molecular weight excluding hydrogens is 244 g/mol. The molecule has 0 heterocycles. The van der Waals surface area contributed by atoms with Crippen LogP contribution >= 0.6 is 12.4 Å². The number of carbonyl (C=O) groups excluding carboxylic acids is 1. The second kappa shape index (κ2) is 7.76. The zero-order chi connectivity index (χ0) is 12.0. The van der Waals surface area contributed by atoms with Gasteiger partial charge in [-0.15, -0.1) is 12.4 Å². The Balaban J connectivity index is 0.00000256. The van der Waals surface area contributed by atoms with E-state index in [1.165, 1.54) is 0 Å². The molecule has 0 bridgehead atoms. The minimum atomic E-state index is -0.127. The van der Waals surface area contributed by atoms with Crippen molar-refractivity contribution in [3.05, 3.63) is 18.2 Å². The first-order valence-electron chi connectivity index (χ1n) is 4.92. The highest BCUT2D eigenvalue weighted by Gasteiger charge is 2.05. The van der Waals surface area contributed by atoms with E-state index in [2.05, 4.69) is 5.32 Å². The minimum absolute atomic E-state index is 0. The van der Waals surface area contributed by atoms with Crippen LogP contribution in [0.25, 0.3) is 0 Å². The Labute approximate surface area is 107 Å². The van der Waals surface area contributed by atoms with Gasteiger partial charge < -0.3 is 20.5 Å². The van der Waals surface area contributed by atoms with Crippen molar-refractivity contribution in [1.82, 2.24) is 0 Å². The number of benzene rings is 1. The molecular formula is C11H17ClN2O3. The van der Waals surface area contributed by atoms with Gasteiger partial charge in [-0.1, -0.05) is 0 Å². The fourth-order valence-corrected chi connectivity index (χ4v) is 1.23. The smallest absolute Gasteiger partial charge is 0.225 e. The average molecular weight is 261 g/mol. The monoisotopic (exact) mass is 260 g/mol. The van der Waals surface area contributed by atoms with Crippen molar-refractivity contribution >= 4 is 24.0 Å². The number of amides is 1. The Morgan fingerprint density at radius 1 is 1.24 bits per heavy atom. The maximum absolute atomic E-state index is 11.3. The van der Waals surface area contributed by atoms with Gasteiger partial charge in [0, 0.05) is 36.9 Å². The molecule has 96 valence electrons. The third-order valence-electron chi connectivity index (χ3n) is 2.01. The Morgan fingerprint density at radius 2 is 1.76 bits per heavy atom. The summed E-state index contributed by atoms with van der Waals surface area (Å²) in [5, 5.41) is 2.71. The van der Waals surface area contributed by atoms with Crippen LogP contribution in [-0.2, 0) is 4.79 Å². The first-order chi connectivity index (χ1) is 7.69. The fourth-order valence-electron chi connectivity index (χ4n) is 1.23. The molecule has 0 fully saturated rings. The topological polar surface area (TPSA) is 73.6 Å². The van der Waals surface area contributed by atoms with E-state index in [-0.39, 0.29) is 18.3 Å². The van der Waals surface area contributed by atoms with Crippen molar-refractivity contribution in [2.75, 3.05) is 26.1 Å². The molecule has 1 aromatic carbocycles. The molecule has 0 atom stereocenters. The molecule has 0 aliphatic rings. The van der Waals surface area contributed by atoms with Crippen LogP contribution in [0.1, 0.15) is 6.42 Å². The summed E-state index contributed by atoms with van der Waals surface area (Å²) in [6, 6.07) is 5.17. The first kappa shape index (κ1) is 15.5. The lowest BCUT2D eigenvalue weighted by Crippen LogP contribution is -2.16. The number of rotatable bonds is 5. The molecule has 0 aliphatic carbocycles. The average Bonchev–Trinajstić information content (AvgIpc) is 2.28. The highest BCUT2D eigenvalue weighted by atomic mass is 35.5. The summed E-state index contributed by atoms with van der Waals surface area (Å²) in [6.07, 6.45) is 0.291. The van der Waals surface area contributed by atoms with E-state index in [4.69, 9.17) is 15.2 Å². The van der Waals surface area contributed by atoms with Gasteiger partial charge in [0.2, 0.25) is 5.91 Å². The second-order valence-corrected chi connectivity index (χ2v) is 3.19. The van der Waals surface area contributed by atoms with E-state index in [9.17, 15) is 4.79 Å². The lowest BCUT2D eigenvalue weighted by Gasteiger charge is -2.09. The van der Waals surface area contributed by atoms with Crippen LogP contribution in [-0.4, -0.2) is 26.7 Å². The van der Waals surface area contributed by atoms with Crippen LogP contribution in [0.4, 0.5) is 5.69 Å². The van der Waals surface area contributed by atoms with E-state index in [0.29, 0.717) is 30.2 Å². The van der Waals surface area contributed by atoms with Crippen molar-refractivity contribution < 1.29 is 14.3 Å². The van der Waals surface area contributed by atoms with Crippen molar-refractivity contribution in [1.29, 1.82) is 0 Å². The quantitative estimate of drug-likeness (QED) is 0.840. The van der Waals surface area contributed by atoms with Gasteiger partial charge >= 0.3 is 0 Å². The molecule has 1 amide bonds. The largest absolute Gasteiger partial charge is 0.497 e. The van der Waals surface area contributed by atoms with Gasteiger partial charge in [0.1, 0.15) is 11.5 Å². The number of hydrogen-bond acceptors (Lipinski definition) is 4. The van der Waals surface area contributed by atoms with Gasteiger partial charge in [-0.2, -0.15) is 0 Å². The lowest BCUT2D eigenvalue weighted by atomic mass is 10.2. The molecule has 5 nitrogen and oxygen atoms in total. The van der Waals surface area contributed by atoms with Crippen LogP contribution in [0.5, 0.6) is 11.5 Å². The van der Waals surface area contributed by atoms with E-state index < -0.39 is 0 Å². The molecule has 17 heavy (non-hydrogen) atoms. The maximum atomic E-state index is 11.3. The van der Waals surface area contributed by atoms with Gasteiger partial charge in [-0.3, -0.25) is 4.79 Å². The normalized spacial score (nSPS) is 9.12. The van der Waals surface area contributed by atoms with Crippen molar-refractivity contribution in [2.45, 2.75) is 6.42 Å². The van der Waals surface area contributed by atoms with Crippen LogP contribution < -0.4 is 20.5 Å². The van der Waals surface area contributed by atoms with Gasteiger partial charge in [0.15, 0.2) is 0 Å². The van der Waals surface area contributed by atoms with E-state index in [1.54, 1.807) is 32.4 Å². The number of halogens is 1. The number of anilines is 1.